The Kier molecular flexibility index (Phi) is 4.71. The second-order valence-corrected chi connectivity index (χ2v) is 5.92. The fourth-order valence-corrected chi connectivity index (χ4v) is 3.27. The lowest BCUT2D eigenvalue weighted by Crippen LogP contribution is -2.54. The zero-order valence-corrected chi connectivity index (χ0v) is 12.3. The van der Waals surface area contributed by atoms with E-state index in [1.807, 2.05) is 7.05 Å². The van der Waals surface area contributed by atoms with Gasteiger partial charge in [-0.3, -0.25) is 0 Å². The standard InChI is InChI=1S/C15H23NOS/c1-4-12(9-16-2)15(10-17-11-15)13-5-7-14(18-3)8-6-13/h5-8,12,16H,4,9-11H2,1-3H3. The molecule has 1 aliphatic rings. The summed E-state index contributed by atoms with van der Waals surface area (Å²) >= 11 is 1.79. The molecule has 100 valence electrons. The van der Waals surface area contributed by atoms with Crippen LogP contribution in [-0.4, -0.2) is 33.1 Å². The smallest absolute Gasteiger partial charge is 0.0588 e. The summed E-state index contributed by atoms with van der Waals surface area (Å²) in [7, 11) is 2.03. The van der Waals surface area contributed by atoms with E-state index in [9.17, 15) is 0 Å². The van der Waals surface area contributed by atoms with Crippen LogP contribution in [0.4, 0.5) is 0 Å². The van der Waals surface area contributed by atoms with Crippen LogP contribution >= 0.6 is 11.8 Å². The van der Waals surface area contributed by atoms with Gasteiger partial charge in [-0.1, -0.05) is 25.5 Å². The first kappa shape index (κ1) is 13.9. The molecule has 2 nitrogen and oxygen atoms in total. The fourth-order valence-electron chi connectivity index (χ4n) is 2.86. The fraction of sp³-hybridized carbons (Fsp3) is 0.600. The molecule has 0 bridgehead atoms. The summed E-state index contributed by atoms with van der Waals surface area (Å²) in [5.41, 5.74) is 1.67. The molecular weight excluding hydrogens is 242 g/mol. The molecule has 0 amide bonds. The zero-order chi connectivity index (χ0) is 13.0. The molecule has 1 aromatic carbocycles. The van der Waals surface area contributed by atoms with Crippen LogP contribution in [0.1, 0.15) is 18.9 Å². The molecule has 18 heavy (non-hydrogen) atoms. The van der Waals surface area contributed by atoms with Crippen molar-refractivity contribution in [2.45, 2.75) is 23.7 Å². The highest BCUT2D eigenvalue weighted by molar-refractivity contribution is 7.98. The van der Waals surface area contributed by atoms with E-state index in [1.165, 1.54) is 16.9 Å². The number of nitrogens with one attached hydrogen (secondary N) is 1. The van der Waals surface area contributed by atoms with Gasteiger partial charge in [0.2, 0.25) is 0 Å². The van der Waals surface area contributed by atoms with Crippen molar-refractivity contribution in [1.29, 1.82) is 0 Å². The normalized spacial score (nSPS) is 19.3. The van der Waals surface area contributed by atoms with Crippen LogP contribution in [-0.2, 0) is 10.2 Å². The summed E-state index contributed by atoms with van der Waals surface area (Å²) in [6.07, 6.45) is 3.31. The summed E-state index contributed by atoms with van der Waals surface area (Å²) in [5, 5.41) is 3.33. The maximum atomic E-state index is 5.55. The molecule has 3 heteroatoms. The number of hydrogen-bond donors (Lipinski definition) is 1. The molecule has 0 saturated carbocycles. The van der Waals surface area contributed by atoms with Gasteiger partial charge in [0.05, 0.1) is 13.2 Å². The highest BCUT2D eigenvalue weighted by Crippen LogP contribution is 2.41. The molecule has 1 unspecified atom stereocenters. The second kappa shape index (κ2) is 6.09. The third kappa shape index (κ3) is 2.44. The predicted octanol–water partition coefficient (Wildman–Crippen LogP) is 2.92. The van der Waals surface area contributed by atoms with Crippen molar-refractivity contribution < 1.29 is 4.74 Å². The van der Waals surface area contributed by atoms with Crippen LogP contribution < -0.4 is 5.32 Å². The van der Waals surface area contributed by atoms with Crippen molar-refractivity contribution in [1.82, 2.24) is 5.32 Å². The van der Waals surface area contributed by atoms with Crippen molar-refractivity contribution >= 4 is 11.8 Å². The van der Waals surface area contributed by atoms with Gasteiger partial charge in [0.15, 0.2) is 0 Å². The third-order valence-electron chi connectivity index (χ3n) is 4.11. The highest BCUT2D eigenvalue weighted by atomic mass is 32.2. The van der Waals surface area contributed by atoms with Crippen molar-refractivity contribution in [3.63, 3.8) is 0 Å². The highest BCUT2D eigenvalue weighted by Gasteiger charge is 2.45. The van der Waals surface area contributed by atoms with E-state index in [0.29, 0.717) is 5.92 Å². The Balaban J connectivity index is 2.24. The quantitative estimate of drug-likeness (QED) is 0.799. The summed E-state index contributed by atoms with van der Waals surface area (Å²) in [5.74, 6) is 0.649. The Morgan fingerprint density at radius 2 is 2.00 bits per heavy atom. The van der Waals surface area contributed by atoms with Gasteiger partial charge in [0.1, 0.15) is 0 Å². The third-order valence-corrected chi connectivity index (χ3v) is 4.85. The van der Waals surface area contributed by atoms with Gasteiger partial charge >= 0.3 is 0 Å². The molecule has 0 aliphatic carbocycles. The SMILES string of the molecule is CCC(CNC)C1(c2ccc(SC)cc2)COC1. The lowest BCUT2D eigenvalue weighted by molar-refractivity contribution is -0.0910. The van der Waals surface area contributed by atoms with Crippen molar-refractivity contribution in [3.05, 3.63) is 29.8 Å². The number of ether oxygens (including phenoxy) is 1. The van der Waals surface area contributed by atoms with Gasteiger partial charge < -0.3 is 10.1 Å². The van der Waals surface area contributed by atoms with Crippen LogP contribution in [0.3, 0.4) is 0 Å². The first-order chi connectivity index (χ1) is 8.76. The van der Waals surface area contributed by atoms with E-state index in [0.717, 1.165) is 19.8 Å². The maximum absolute atomic E-state index is 5.55. The van der Waals surface area contributed by atoms with E-state index < -0.39 is 0 Å². The number of thioether (sulfide) groups is 1. The largest absolute Gasteiger partial charge is 0.379 e. The Morgan fingerprint density at radius 1 is 1.33 bits per heavy atom. The van der Waals surface area contributed by atoms with Crippen molar-refractivity contribution in [2.75, 3.05) is 33.1 Å². The summed E-state index contributed by atoms with van der Waals surface area (Å²) < 4.78 is 5.55. The number of rotatable bonds is 6. The van der Waals surface area contributed by atoms with Crippen LogP contribution in [0.5, 0.6) is 0 Å². The minimum atomic E-state index is 0.231. The van der Waals surface area contributed by atoms with Gasteiger partial charge in [-0.25, -0.2) is 0 Å². The lowest BCUT2D eigenvalue weighted by atomic mass is 9.67. The Hall–Kier alpha value is -0.510. The minimum Gasteiger partial charge on any atom is -0.379 e. The van der Waals surface area contributed by atoms with Gasteiger partial charge in [-0.05, 0) is 43.5 Å². The first-order valence-electron chi connectivity index (χ1n) is 6.63. The summed E-state index contributed by atoms with van der Waals surface area (Å²) in [6.45, 7) is 5.07. The second-order valence-electron chi connectivity index (χ2n) is 5.04. The van der Waals surface area contributed by atoms with E-state index in [1.54, 1.807) is 11.8 Å². The molecule has 1 heterocycles. The minimum absolute atomic E-state index is 0.231. The molecule has 1 fully saturated rings. The van der Waals surface area contributed by atoms with Gasteiger partial charge in [0, 0.05) is 10.3 Å². The summed E-state index contributed by atoms with van der Waals surface area (Å²) in [4.78, 5) is 1.33. The average molecular weight is 265 g/mol. The Morgan fingerprint density at radius 3 is 2.39 bits per heavy atom. The van der Waals surface area contributed by atoms with Crippen LogP contribution in [0.2, 0.25) is 0 Å². The van der Waals surface area contributed by atoms with E-state index in [-0.39, 0.29) is 5.41 Å². The molecule has 0 spiro atoms. The molecule has 1 saturated heterocycles. The van der Waals surface area contributed by atoms with Crippen LogP contribution in [0, 0.1) is 5.92 Å². The monoisotopic (exact) mass is 265 g/mol. The zero-order valence-electron chi connectivity index (χ0n) is 11.5. The molecule has 1 aliphatic heterocycles. The molecule has 1 atom stereocenters. The first-order valence-corrected chi connectivity index (χ1v) is 7.86. The summed E-state index contributed by atoms with van der Waals surface area (Å²) in [6, 6.07) is 9.03. The number of hydrogen-bond acceptors (Lipinski definition) is 3. The van der Waals surface area contributed by atoms with Crippen LogP contribution in [0.25, 0.3) is 0 Å². The Labute approximate surface area is 114 Å². The predicted molar refractivity (Wildman–Crippen MR) is 78.4 cm³/mol. The van der Waals surface area contributed by atoms with Crippen molar-refractivity contribution in [2.24, 2.45) is 5.92 Å². The van der Waals surface area contributed by atoms with Gasteiger partial charge in [-0.2, -0.15) is 0 Å². The maximum Gasteiger partial charge on any atom is 0.0588 e. The molecule has 0 aromatic heterocycles. The van der Waals surface area contributed by atoms with Gasteiger partial charge in [-0.15, -0.1) is 11.8 Å². The van der Waals surface area contributed by atoms with Crippen LogP contribution in [0.15, 0.2) is 29.2 Å². The molecule has 2 rings (SSSR count). The molecule has 1 N–H and O–H groups in total. The lowest BCUT2D eigenvalue weighted by Gasteiger charge is -2.47. The van der Waals surface area contributed by atoms with Crippen molar-refractivity contribution in [3.8, 4) is 0 Å². The molecular formula is C15H23NOS. The van der Waals surface area contributed by atoms with E-state index >= 15 is 0 Å². The average Bonchev–Trinajstić information content (AvgIpc) is 2.37. The van der Waals surface area contributed by atoms with E-state index in [4.69, 9.17) is 4.74 Å². The van der Waals surface area contributed by atoms with Gasteiger partial charge in [0.25, 0.3) is 0 Å². The Bertz CT molecular complexity index is 373. The van der Waals surface area contributed by atoms with E-state index in [2.05, 4.69) is 42.8 Å². The topological polar surface area (TPSA) is 21.3 Å². The number of benzene rings is 1. The molecule has 1 aromatic rings. The molecule has 0 radical (unpaired) electrons.